The van der Waals surface area contributed by atoms with Crippen LogP contribution in [-0.4, -0.2) is 71.8 Å². The lowest BCUT2D eigenvalue weighted by atomic mass is 10.0. The molecule has 1 fully saturated rings. The fourth-order valence-corrected chi connectivity index (χ4v) is 3.59. The number of benzene rings is 1. The first kappa shape index (κ1) is 27.1. The molecular formula is C24H35N3O7. The number of methoxy groups -OCH3 is 1. The minimum atomic E-state index is -1.32. The number of hydrogen-bond donors (Lipinski definition) is 3. The van der Waals surface area contributed by atoms with Gasteiger partial charge in [0.15, 0.2) is 0 Å². The molecule has 3 N–H and O–H groups in total. The van der Waals surface area contributed by atoms with E-state index in [1.54, 1.807) is 39.0 Å². The van der Waals surface area contributed by atoms with Crippen LogP contribution in [0.2, 0.25) is 0 Å². The average Bonchev–Trinajstić information content (AvgIpc) is 3.47. The number of esters is 1. The first-order valence-corrected chi connectivity index (χ1v) is 11.2. The number of nitrogens with one attached hydrogen (secondary N) is 2. The van der Waals surface area contributed by atoms with Gasteiger partial charge in [-0.15, -0.1) is 0 Å². The zero-order valence-corrected chi connectivity index (χ0v) is 20.6. The number of aliphatic hydroxyl groups is 1. The first-order chi connectivity index (χ1) is 15.9. The van der Waals surface area contributed by atoms with Crippen molar-refractivity contribution in [1.29, 1.82) is 0 Å². The maximum atomic E-state index is 13.6. The number of hydrogen-bond acceptors (Lipinski definition) is 7. The molecule has 0 radical (unpaired) electrons. The number of rotatable bonds is 9. The second-order valence-electron chi connectivity index (χ2n) is 9.52. The summed E-state index contributed by atoms with van der Waals surface area (Å²) >= 11 is 0. The summed E-state index contributed by atoms with van der Waals surface area (Å²) in [7, 11) is 1.21. The summed E-state index contributed by atoms with van der Waals surface area (Å²) in [6.45, 7) is 7.80. The van der Waals surface area contributed by atoms with Gasteiger partial charge in [-0.05, 0) is 45.6 Å². The van der Waals surface area contributed by atoms with E-state index in [0.29, 0.717) is 12.0 Å². The van der Waals surface area contributed by atoms with E-state index < -0.39 is 48.2 Å². The molecular weight excluding hydrogens is 442 g/mol. The van der Waals surface area contributed by atoms with Gasteiger partial charge in [0.2, 0.25) is 11.8 Å². The van der Waals surface area contributed by atoms with Crippen molar-refractivity contribution in [3.63, 3.8) is 0 Å². The molecule has 4 atom stereocenters. The predicted molar refractivity (Wildman–Crippen MR) is 124 cm³/mol. The van der Waals surface area contributed by atoms with Crippen LogP contribution in [0.1, 0.15) is 51.3 Å². The lowest BCUT2D eigenvalue weighted by Crippen LogP contribution is -2.55. The number of nitrogens with zero attached hydrogens (tertiary/aromatic N) is 1. The molecule has 0 aliphatic heterocycles. The van der Waals surface area contributed by atoms with Gasteiger partial charge in [0.25, 0.3) is 0 Å². The minimum Gasteiger partial charge on any atom is -0.468 e. The first-order valence-electron chi connectivity index (χ1n) is 11.2. The molecule has 0 saturated heterocycles. The van der Waals surface area contributed by atoms with Crippen LogP contribution in [0.5, 0.6) is 0 Å². The zero-order chi connectivity index (χ0) is 25.6. The number of carbonyl (C=O) groups excluding carboxylic acids is 4. The van der Waals surface area contributed by atoms with Gasteiger partial charge < -0.3 is 30.1 Å². The molecule has 0 spiro atoms. The van der Waals surface area contributed by atoms with Gasteiger partial charge in [-0.3, -0.25) is 14.4 Å². The van der Waals surface area contributed by atoms with Crippen molar-refractivity contribution in [3.05, 3.63) is 35.4 Å². The summed E-state index contributed by atoms with van der Waals surface area (Å²) in [6, 6.07) is 4.45. The van der Waals surface area contributed by atoms with Crippen molar-refractivity contribution in [2.45, 2.75) is 64.8 Å². The van der Waals surface area contributed by atoms with Crippen LogP contribution in [0.4, 0.5) is 4.79 Å². The molecule has 3 amide bonds. The summed E-state index contributed by atoms with van der Waals surface area (Å²) in [6.07, 6.45) is -0.200. The zero-order valence-electron chi connectivity index (χ0n) is 20.6. The van der Waals surface area contributed by atoms with Gasteiger partial charge in [-0.25, -0.2) is 4.79 Å². The summed E-state index contributed by atoms with van der Waals surface area (Å²) in [4.78, 5) is 52.2. The number of alkyl carbamates (subject to hydrolysis) is 1. The van der Waals surface area contributed by atoms with E-state index in [-0.39, 0.29) is 18.5 Å². The van der Waals surface area contributed by atoms with Gasteiger partial charge in [-0.1, -0.05) is 36.8 Å². The van der Waals surface area contributed by atoms with Crippen molar-refractivity contribution < 1.29 is 33.8 Å². The SMILES string of the molecule is COC(=O)CNC(=O)C(c1cccc(C)c1)N(C(=O)C(CO)NC(=O)OC(C)(C)C)C1CC1C. The number of aryl methyl sites for hydroxylation is 1. The van der Waals surface area contributed by atoms with Crippen LogP contribution in [0.3, 0.4) is 0 Å². The van der Waals surface area contributed by atoms with Gasteiger partial charge in [0.05, 0.1) is 13.7 Å². The molecule has 10 heteroatoms. The Bertz CT molecular complexity index is 912. The van der Waals surface area contributed by atoms with E-state index in [4.69, 9.17) is 4.74 Å². The van der Waals surface area contributed by atoms with Crippen molar-refractivity contribution in [2.24, 2.45) is 5.92 Å². The van der Waals surface area contributed by atoms with Crippen molar-refractivity contribution in [1.82, 2.24) is 15.5 Å². The molecule has 188 valence electrons. The molecule has 1 aliphatic carbocycles. The monoisotopic (exact) mass is 477 g/mol. The molecule has 2 rings (SSSR count). The van der Waals surface area contributed by atoms with Crippen molar-refractivity contribution in [2.75, 3.05) is 20.3 Å². The summed E-state index contributed by atoms with van der Waals surface area (Å²) in [5, 5.41) is 14.9. The van der Waals surface area contributed by atoms with Gasteiger partial charge in [-0.2, -0.15) is 0 Å². The van der Waals surface area contributed by atoms with Gasteiger partial charge >= 0.3 is 12.1 Å². The van der Waals surface area contributed by atoms with E-state index in [2.05, 4.69) is 15.4 Å². The number of amides is 3. The third-order valence-corrected chi connectivity index (χ3v) is 5.37. The maximum Gasteiger partial charge on any atom is 0.408 e. The Balaban J connectivity index is 2.40. The Kier molecular flexibility index (Phi) is 9.03. The Morgan fingerprint density at radius 3 is 2.38 bits per heavy atom. The molecule has 1 aromatic carbocycles. The van der Waals surface area contributed by atoms with Crippen LogP contribution >= 0.6 is 0 Å². The Labute approximate surface area is 200 Å². The average molecular weight is 478 g/mol. The van der Waals surface area contributed by atoms with E-state index in [9.17, 15) is 24.3 Å². The number of carbonyl (C=O) groups is 4. The van der Waals surface area contributed by atoms with E-state index in [1.807, 2.05) is 19.9 Å². The predicted octanol–water partition coefficient (Wildman–Crippen LogP) is 1.45. The van der Waals surface area contributed by atoms with E-state index in [1.165, 1.54) is 12.0 Å². The van der Waals surface area contributed by atoms with E-state index in [0.717, 1.165) is 5.56 Å². The van der Waals surface area contributed by atoms with Crippen LogP contribution in [0, 0.1) is 12.8 Å². The highest BCUT2D eigenvalue weighted by Gasteiger charge is 2.48. The fraction of sp³-hybridized carbons (Fsp3) is 0.583. The maximum absolute atomic E-state index is 13.6. The van der Waals surface area contributed by atoms with Crippen molar-refractivity contribution >= 4 is 23.9 Å². The molecule has 34 heavy (non-hydrogen) atoms. The fourth-order valence-electron chi connectivity index (χ4n) is 3.59. The summed E-state index contributed by atoms with van der Waals surface area (Å²) < 4.78 is 9.82. The highest BCUT2D eigenvalue weighted by atomic mass is 16.6. The second kappa shape index (κ2) is 11.3. The highest BCUT2D eigenvalue weighted by molar-refractivity contribution is 5.93. The molecule has 4 unspecified atom stereocenters. The lowest BCUT2D eigenvalue weighted by Gasteiger charge is -2.34. The molecule has 0 heterocycles. The Morgan fingerprint density at radius 2 is 1.88 bits per heavy atom. The molecule has 1 saturated carbocycles. The van der Waals surface area contributed by atoms with Crippen LogP contribution in [-0.2, 0) is 23.9 Å². The number of aliphatic hydroxyl groups excluding tert-OH is 1. The Morgan fingerprint density at radius 1 is 1.24 bits per heavy atom. The molecule has 10 nitrogen and oxygen atoms in total. The third-order valence-electron chi connectivity index (χ3n) is 5.37. The minimum absolute atomic E-state index is 0.116. The van der Waals surface area contributed by atoms with Crippen LogP contribution in [0.25, 0.3) is 0 Å². The van der Waals surface area contributed by atoms with Gasteiger partial charge in [0, 0.05) is 6.04 Å². The van der Waals surface area contributed by atoms with Crippen LogP contribution < -0.4 is 10.6 Å². The van der Waals surface area contributed by atoms with Gasteiger partial charge in [0.1, 0.15) is 24.2 Å². The van der Waals surface area contributed by atoms with E-state index >= 15 is 0 Å². The Hall–Kier alpha value is -3.14. The molecule has 1 aromatic rings. The largest absolute Gasteiger partial charge is 0.468 e. The second-order valence-corrected chi connectivity index (χ2v) is 9.52. The molecule has 0 aromatic heterocycles. The topological polar surface area (TPSA) is 134 Å². The highest BCUT2D eigenvalue weighted by Crippen LogP contribution is 2.40. The number of ether oxygens (including phenoxy) is 2. The normalized spacial score (nSPS) is 18.8. The molecule has 0 bridgehead atoms. The smallest absolute Gasteiger partial charge is 0.408 e. The lowest BCUT2D eigenvalue weighted by molar-refractivity contribution is -0.145. The van der Waals surface area contributed by atoms with Crippen molar-refractivity contribution in [3.8, 4) is 0 Å². The third kappa shape index (κ3) is 7.44. The summed E-state index contributed by atoms with van der Waals surface area (Å²) in [5.41, 5.74) is 0.629. The standard InChI is InChI=1S/C24H35N3O7/c1-14-8-7-9-16(10-14)20(21(30)25-12-19(29)33-6)27(18-11-15(18)2)22(31)17(13-28)26-23(32)34-24(3,4)5/h7-10,15,17-18,20,28H,11-13H2,1-6H3,(H,25,30)(H,26,32). The molecule has 1 aliphatic rings. The summed E-state index contributed by atoms with van der Waals surface area (Å²) in [5.74, 6) is -1.71. The van der Waals surface area contributed by atoms with Crippen LogP contribution in [0.15, 0.2) is 24.3 Å². The quantitative estimate of drug-likeness (QED) is 0.458.